The highest BCUT2D eigenvalue weighted by Crippen LogP contribution is 2.21. The molecule has 1 atom stereocenters. The minimum atomic E-state index is -0.933. The summed E-state index contributed by atoms with van der Waals surface area (Å²) in [5.74, 6) is -0.248. The first-order valence-electron chi connectivity index (χ1n) is 4.04. The molecule has 0 aliphatic carbocycles. The van der Waals surface area contributed by atoms with Crippen molar-refractivity contribution in [1.82, 2.24) is 0 Å². The predicted molar refractivity (Wildman–Crippen MR) is 54.5 cm³/mol. The number of furan rings is 1. The third-order valence-corrected chi connectivity index (χ3v) is 2.11. The summed E-state index contributed by atoms with van der Waals surface area (Å²) in [6.45, 7) is 1.71. The molecule has 5 heteroatoms. The van der Waals surface area contributed by atoms with Crippen LogP contribution in [0.2, 0.25) is 0 Å². The quantitative estimate of drug-likeness (QED) is 0.800. The zero-order chi connectivity index (χ0) is 9.90. The molecule has 0 fully saturated rings. The first kappa shape index (κ1) is 13.0. The van der Waals surface area contributed by atoms with Gasteiger partial charge >= 0.3 is 5.97 Å². The summed E-state index contributed by atoms with van der Waals surface area (Å²) >= 11 is 0. The van der Waals surface area contributed by atoms with Gasteiger partial charge in [0.2, 0.25) is 0 Å². The molecule has 1 unspecified atom stereocenters. The van der Waals surface area contributed by atoms with Crippen LogP contribution in [0.25, 0.3) is 0 Å². The normalized spacial score (nSPS) is 14.1. The van der Waals surface area contributed by atoms with Crippen molar-refractivity contribution < 1.29 is 14.3 Å². The van der Waals surface area contributed by atoms with Gasteiger partial charge in [0.1, 0.15) is 5.76 Å². The minimum absolute atomic E-state index is 0. The lowest BCUT2D eigenvalue weighted by Gasteiger charge is -2.20. The van der Waals surface area contributed by atoms with Gasteiger partial charge < -0.3 is 15.3 Å². The van der Waals surface area contributed by atoms with E-state index in [1.807, 2.05) is 0 Å². The van der Waals surface area contributed by atoms with Gasteiger partial charge in [0.15, 0.2) is 0 Å². The maximum atomic E-state index is 10.9. The zero-order valence-corrected chi connectivity index (χ0v) is 8.71. The van der Waals surface area contributed by atoms with Crippen LogP contribution in [0, 0.1) is 5.41 Å². The molecule has 4 nitrogen and oxygen atoms in total. The lowest BCUT2D eigenvalue weighted by Crippen LogP contribution is -2.37. The number of hydrogen-bond donors (Lipinski definition) is 2. The lowest BCUT2D eigenvalue weighted by atomic mass is 9.86. The van der Waals surface area contributed by atoms with Gasteiger partial charge in [0.25, 0.3) is 0 Å². The van der Waals surface area contributed by atoms with E-state index in [-0.39, 0.29) is 19.0 Å². The van der Waals surface area contributed by atoms with Crippen LogP contribution in [0.1, 0.15) is 12.7 Å². The zero-order valence-electron chi connectivity index (χ0n) is 7.90. The van der Waals surface area contributed by atoms with Crippen LogP contribution in [-0.2, 0) is 11.2 Å². The fourth-order valence-corrected chi connectivity index (χ4v) is 1.03. The molecule has 0 aromatic carbocycles. The monoisotopic (exact) mass is 219 g/mol. The minimum Gasteiger partial charge on any atom is -0.481 e. The summed E-state index contributed by atoms with van der Waals surface area (Å²) in [5, 5.41) is 8.91. The molecule has 80 valence electrons. The maximum absolute atomic E-state index is 10.9. The third-order valence-electron chi connectivity index (χ3n) is 2.11. The van der Waals surface area contributed by atoms with E-state index in [0.29, 0.717) is 12.2 Å². The second kappa shape index (κ2) is 5.02. The molecule has 1 heterocycles. The Balaban J connectivity index is 0.00000169. The number of carboxylic acid groups (broad SMARTS) is 1. The van der Waals surface area contributed by atoms with E-state index >= 15 is 0 Å². The van der Waals surface area contributed by atoms with E-state index in [0.717, 1.165) is 0 Å². The Hall–Kier alpha value is -1.00. The fraction of sp³-hybridized carbons (Fsp3) is 0.444. The standard InChI is InChI=1S/C9H13NO3.ClH/c1-9(6-10,8(11)12)5-7-3-2-4-13-7;/h2-4H,5-6,10H2,1H3,(H,11,12);1H. The van der Waals surface area contributed by atoms with Gasteiger partial charge in [-0.2, -0.15) is 0 Å². The van der Waals surface area contributed by atoms with E-state index in [2.05, 4.69) is 0 Å². The van der Waals surface area contributed by atoms with Gasteiger partial charge in [-0.1, -0.05) is 0 Å². The Morgan fingerprint density at radius 1 is 1.71 bits per heavy atom. The van der Waals surface area contributed by atoms with Gasteiger partial charge in [-0.15, -0.1) is 12.4 Å². The number of hydrogen-bond acceptors (Lipinski definition) is 3. The van der Waals surface area contributed by atoms with E-state index < -0.39 is 11.4 Å². The largest absolute Gasteiger partial charge is 0.481 e. The van der Waals surface area contributed by atoms with Gasteiger partial charge in [0.05, 0.1) is 11.7 Å². The van der Waals surface area contributed by atoms with E-state index in [1.54, 1.807) is 19.1 Å². The third kappa shape index (κ3) is 2.75. The van der Waals surface area contributed by atoms with Gasteiger partial charge in [0, 0.05) is 13.0 Å². The van der Waals surface area contributed by atoms with Crippen LogP contribution in [0.4, 0.5) is 0 Å². The molecule has 0 spiro atoms. The molecule has 1 rings (SSSR count). The summed E-state index contributed by atoms with van der Waals surface area (Å²) in [5.41, 5.74) is 4.47. The molecular formula is C9H14ClNO3. The average molecular weight is 220 g/mol. The van der Waals surface area contributed by atoms with Crippen molar-refractivity contribution in [2.75, 3.05) is 6.54 Å². The topological polar surface area (TPSA) is 76.5 Å². The van der Waals surface area contributed by atoms with Crippen LogP contribution in [0.5, 0.6) is 0 Å². The summed E-state index contributed by atoms with van der Waals surface area (Å²) in [7, 11) is 0. The number of carboxylic acids is 1. The summed E-state index contributed by atoms with van der Waals surface area (Å²) < 4.78 is 5.06. The Morgan fingerprint density at radius 2 is 2.36 bits per heavy atom. The maximum Gasteiger partial charge on any atom is 0.311 e. The van der Waals surface area contributed by atoms with E-state index in [1.165, 1.54) is 6.26 Å². The molecule has 0 bridgehead atoms. The molecule has 0 aliphatic heterocycles. The smallest absolute Gasteiger partial charge is 0.311 e. The van der Waals surface area contributed by atoms with Gasteiger partial charge in [-0.3, -0.25) is 4.79 Å². The van der Waals surface area contributed by atoms with Crippen molar-refractivity contribution >= 4 is 18.4 Å². The molecule has 1 aromatic heterocycles. The van der Waals surface area contributed by atoms with Crippen molar-refractivity contribution in [3.8, 4) is 0 Å². The van der Waals surface area contributed by atoms with Crippen LogP contribution in [0.3, 0.4) is 0 Å². The first-order chi connectivity index (χ1) is 6.08. The second-order valence-electron chi connectivity index (χ2n) is 3.33. The summed E-state index contributed by atoms with van der Waals surface area (Å²) in [6, 6.07) is 3.48. The van der Waals surface area contributed by atoms with Crippen molar-refractivity contribution in [1.29, 1.82) is 0 Å². The highest BCUT2D eigenvalue weighted by Gasteiger charge is 2.32. The van der Waals surface area contributed by atoms with Crippen LogP contribution in [0.15, 0.2) is 22.8 Å². The molecule has 0 saturated carbocycles. The lowest BCUT2D eigenvalue weighted by molar-refractivity contribution is -0.147. The number of halogens is 1. The first-order valence-corrected chi connectivity index (χ1v) is 4.04. The summed E-state index contributed by atoms with van der Waals surface area (Å²) in [6.07, 6.45) is 1.85. The van der Waals surface area contributed by atoms with Crippen LogP contribution >= 0.6 is 12.4 Å². The molecular weight excluding hydrogens is 206 g/mol. The van der Waals surface area contributed by atoms with Gasteiger partial charge in [-0.25, -0.2) is 0 Å². The highest BCUT2D eigenvalue weighted by molar-refractivity contribution is 5.85. The number of carbonyl (C=O) groups is 1. The Morgan fingerprint density at radius 3 is 2.71 bits per heavy atom. The second-order valence-corrected chi connectivity index (χ2v) is 3.33. The van der Waals surface area contributed by atoms with Crippen molar-refractivity contribution in [2.24, 2.45) is 11.1 Å². The molecule has 14 heavy (non-hydrogen) atoms. The molecule has 1 aromatic rings. The van der Waals surface area contributed by atoms with Crippen molar-refractivity contribution in [2.45, 2.75) is 13.3 Å². The van der Waals surface area contributed by atoms with E-state index in [9.17, 15) is 4.79 Å². The molecule has 0 amide bonds. The molecule has 0 radical (unpaired) electrons. The van der Waals surface area contributed by atoms with Crippen LogP contribution < -0.4 is 5.73 Å². The Bertz CT molecular complexity index is 286. The Kier molecular flexibility index (Phi) is 4.67. The Labute approximate surface area is 88.5 Å². The van der Waals surface area contributed by atoms with Crippen LogP contribution in [-0.4, -0.2) is 17.6 Å². The number of nitrogens with two attached hydrogens (primary N) is 1. The van der Waals surface area contributed by atoms with Crippen molar-refractivity contribution in [3.05, 3.63) is 24.2 Å². The molecule has 0 aliphatic rings. The molecule has 0 saturated heterocycles. The SMILES string of the molecule is CC(CN)(Cc1ccco1)C(=O)O.Cl. The molecule has 3 N–H and O–H groups in total. The van der Waals surface area contributed by atoms with Gasteiger partial charge in [-0.05, 0) is 19.1 Å². The average Bonchev–Trinajstić information content (AvgIpc) is 2.56. The summed E-state index contributed by atoms with van der Waals surface area (Å²) in [4.78, 5) is 10.9. The van der Waals surface area contributed by atoms with Crippen molar-refractivity contribution in [3.63, 3.8) is 0 Å². The predicted octanol–water partition coefficient (Wildman–Crippen LogP) is 1.29. The highest BCUT2D eigenvalue weighted by atomic mass is 35.5. The number of aliphatic carboxylic acids is 1. The fourth-order valence-electron chi connectivity index (χ4n) is 1.03. The van der Waals surface area contributed by atoms with E-state index in [4.69, 9.17) is 15.3 Å². The number of rotatable bonds is 4.